The fraction of sp³-hybridized carbons (Fsp3) is 0.412. The Labute approximate surface area is 135 Å². The molecule has 0 aliphatic heterocycles. The van der Waals surface area contributed by atoms with Gasteiger partial charge >= 0.3 is 0 Å². The van der Waals surface area contributed by atoms with E-state index in [-0.39, 0.29) is 11.9 Å². The minimum Gasteiger partial charge on any atom is -0.493 e. The molecule has 1 heterocycles. The monoisotopic (exact) mass is 319 g/mol. The SMILES string of the molecule is CCc1cc(NC(C)c2cc(OC)c(OC)cc2F)nc(C)n1. The van der Waals surface area contributed by atoms with Gasteiger partial charge in [0.1, 0.15) is 17.5 Å². The number of aryl methyl sites for hydroxylation is 2. The molecule has 0 saturated heterocycles. The van der Waals surface area contributed by atoms with Crippen molar-refractivity contribution < 1.29 is 13.9 Å². The molecule has 1 aromatic heterocycles. The van der Waals surface area contributed by atoms with Crippen molar-refractivity contribution in [2.24, 2.45) is 0 Å². The fourth-order valence-corrected chi connectivity index (χ4v) is 2.39. The molecule has 1 atom stereocenters. The van der Waals surface area contributed by atoms with Crippen molar-refractivity contribution in [3.63, 3.8) is 0 Å². The zero-order valence-corrected chi connectivity index (χ0v) is 14.1. The molecular formula is C17H22FN3O2. The molecule has 1 unspecified atom stereocenters. The molecule has 0 bridgehead atoms. The van der Waals surface area contributed by atoms with Gasteiger partial charge in [0.15, 0.2) is 11.5 Å². The maximum absolute atomic E-state index is 14.3. The molecule has 0 radical (unpaired) electrons. The number of rotatable bonds is 6. The summed E-state index contributed by atoms with van der Waals surface area (Å²) in [5.41, 5.74) is 1.43. The van der Waals surface area contributed by atoms with E-state index in [1.807, 2.05) is 26.8 Å². The number of nitrogens with zero attached hydrogens (tertiary/aromatic N) is 2. The van der Waals surface area contributed by atoms with Crippen LogP contribution in [0.4, 0.5) is 10.2 Å². The Bertz CT molecular complexity index is 692. The highest BCUT2D eigenvalue weighted by Gasteiger charge is 2.17. The molecule has 0 amide bonds. The highest BCUT2D eigenvalue weighted by Crippen LogP contribution is 2.33. The Morgan fingerprint density at radius 2 is 1.78 bits per heavy atom. The number of hydrogen-bond acceptors (Lipinski definition) is 5. The molecule has 6 heteroatoms. The Kier molecular flexibility index (Phi) is 5.36. The number of halogens is 1. The first-order chi connectivity index (χ1) is 11.0. The van der Waals surface area contributed by atoms with Gasteiger partial charge in [-0.1, -0.05) is 6.92 Å². The molecule has 2 aromatic rings. The summed E-state index contributed by atoms with van der Waals surface area (Å²) in [6, 6.07) is 4.56. The highest BCUT2D eigenvalue weighted by atomic mass is 19.1. The Hall–Kier alpha value is -2.37. The van der Waals surface area contributed by atoms with Crippen LogP contribution in [-0.2, 0) is 6.42 Å². The van der Waals surface area contributed by atoms with Gasteiger partial charge in [0.05, 0.1) is 20.3 Å². The lowest BCUT2D eigenvalue weighted by molar-refractivity contribution is 0.351. The van der Waals surface area contributed by atoms with Crippen molar-refractivity contribution in [1.29, 1.82) is 0 Å². The lowest BCUT2D eigenvalue weighted by Crippen LogP contribution is -2.11. The maximum Gasteiger partial charge on any atom is 0.163 e. The van der Waals surface area contributed by atoms with Crippen LogP contribution in [0.1, 0.15) is 37.0 Å². The summed E-state index contributed by atoms with van der Waals surface area (Å²) >= 11 is 0. The minimum absolute atomic E-state index is 0.284. The van der Waals surface area contributed by atoms with Crippen molar-refractivity contribution in [2.45, 2.75) is 33.2 Å². The number of anilines is 1. The third-order valence-corrected chi connectivity index (χ3v) is 3.59. The second-order valence-electron chi connectivity index (χ2n) is 5.24. The van der Waals surface area contributed by atoms with E-state index in [0.717, 1.165) is 12.1 Å². The number of ether oxygens (including phenoxy) is 2. The molecule has 0 aliphatic rings. The summed E-state index contributed by atoms with van der Waals surface area (Å²) in [4.78, 5) is 8.69. The summed E-state index contributed by atoms with van der Waals surface area (Å²) in [5.74, 6) is 1.87. The van der Waals surface area contributed by atoms with Crippen LogP contribution in [0.2, 0.25) is 0 Å². The average molecular weight is 319 g/mol. The molecule has 23 heavy (non-hydrogen) atoms. The van der Waals surface area contributed by atoms with Gasteiger partial charge in [0.2, 0.25) is 0 Å². The van der Waals surface area contributed by atoms with Crippen LogP contribution in [0, 0.1) is 12.7 Å². The second-order valence-corrected chi connectivity index (χ2v) is 5.24. The van der Waals surface area contributed by atoms with Gasteiger partial charge in [0.25, 0.3) is 0 Å². The van der Waals surface area contributed by atoms with E-state index in [2.05, 4.69) is 15.3 Å². The molecular weight excluding hydrogens is 297 g/mol. The minimum atomic E-state index is -0.357. The Morgan fingerprint density at radius 3 is 2.39 bits per heavy atom. The number of methoxy groups -OCH3 is 2. The average Bonchev–Trinajstić information content (AvgIpc) is 2.53. The number of hydrogen-bond donors (Lipinski definition) is 1. The normalized spacial score (nSPS) is 11.9. The summed E-state index contributed by atoms with van der Waals surface area (Å²) < 4.78 is 24.7. The zero-order valence-electron chi connectivity index (χ0n) is 14.1. The Balaban J connectivity index is 2.30. The van der Waals surface area contributed by atoms with Gasteiger partial charge in [0, 0.05) is 23.4 Å². The first-order valence-electron chi connectivity index (χ1n) is 7.51. The van der Waals surface area contributed by atoms with E-state index in [0.29, 0.717) is 28.7 Å². The third-order valence-electron chi connectivity index (χ3n) is 3.59. The topological polar surface area (TPSA) is 56.3 Å². The van der Waals surface area contributed by atoms with Gasteiger partial charge in [-0.15, -0.1) is 0 Å². The van der Waals surface area contributed by atoms with E-state index in [9.17, 15) is 4.39 Å². The van der Waals surface area contributed by atoms with Gasteiger partial charge in [-0.3, -0.25) is 0 Å². The van der Waals surface area contributed by atoms with E-state index < -0.39 is 0 Å². The summed E-state index contributed by atoms with van der Waals surface area (Å²) in [7, 11) is 3.01. The maximum atomic E-state index is 14.3. The van der Waals surface area contributed by atoms with Crippen LogP contribution in [0.15, 0.2) is 18.2 Å². The lowest BCUT2D eigenvalue weighted by Gasteiger charge is -2.18. The van der Waals surface area contributed by atoms with E-state index >= 15 is 0 Å². The van der Waals surface area contributed by atoms with Crippen molar-refractivity contribution in [3.05, 3.63) is 41.1 Å². The van der Waals surface area contributed by atoms with Crippen molar-refractivity contribution in [3.8, 4) is 11.5 Å². The summed E-state index contributed by atoms with van der Waals surface area (Å²) in [6.07, 6.45) is 0.817. The van der Waals surface area contributed by atoms with Crippen LogP contribution in [0.25, 0.3) is 0 Å². The van der Waals surface area contributed by atoms with Crippen molar-refractivity contribution in [1.82, 2.24) is 9.97 Å². The standard InChI is InChI=1S/C17H22FN3O2/c1-6-12-7-17(21-11(3)20-12)19-10(2)13-8-15(22-4)16(23-5)9-14(13)18/h7-10H,6H2,1-5H3,(H,19,20,21). The largest absolute Gasteiger partial charge is 0.493 e. The predicted molar refractivity (Wildman–Crippen MR) is 87.7 cm³/mol. The van der Waals surface area contributed by atoms with Crippen molar-refractivity contribution in [2.75, 3.05) is 19.5 Å². The molecule has 0 fully saturated rings. The number of nitrogens with one attached hydrogen (secondary N) is 1. The fourth-order valence-electron chi connectivity index (χ4n) is 2.39. The number of benzene rings is 1. The van der Waals surface area contributed by atoms with Crippen LogP contribution in [0.3, 0.4) is 0 Å². The molecule has 124 valence electrons. The lowest BCUT2D eigenvalue weighted by atomic mass is 10.1. The highest BCUT2D eigenvalue weighted by molar-refractivity contribution is 5.47. The van der Waals surface area contributed by atoms with Gasteiger partial charge in [-0.2, -0.15) is 0 Å². The molecule has 0 aliphatic carbocycles. The molecule has 1 aromatic carbocycles. The van der Waals surface area contributed by atoms with Gasteiger partial charge in [-0.25, -0.2) is 14.4 Å². The Morgan fingerprint density at radius 1 is 1.13 bits per heavy atom. The van der Waals surface area contributed by atoms with Crippen LogP contribution < -0.4 is 14.8 Å². The molecule has 0 saturated carbocycles. The zero-order chi connectivity index (χ0) is 17.0. The second kappa shape index (κ2) is 7.26. The van der Waals surface area contributed by atoms with E-state index in [4.69, 9.17) is 9.47 Å². The van der Waals surface area contributed by atoms with Crippen molar-refractivity contribution >= 4 is 5.82 Å². The van der Waals surface area contributed by atoms with E-state index in [1.165, 1.54) is 20.3 Å². The summed E-state index contributed by atoms with van der Waals surface area (Å²) in [6.45, 7) is 5.74. The van der Waals surface area contributed by atoms with Crippen LogP contribution >= 0.6 is 0 Å². The number of aromatic nitrogens is 2. The molecule has 1 N–H and O–H groups in total. The first kappa shape index (κ1) is 17.0. The quantitative estimate of drug-likeness (QED) is 0.880. The van der Waals surface area contributed by atoms with Gasteiger partial charge < -0.3 is 14.8 Å². The van der Waals surface area contributed by atoms with Gasteiger partial charge in [-0.05, 0) is 26.3 Å². The molecule has 0 spiro atoms. The summed E-state index contributed by atoms with van der Waals surface area (Å²) in [5, 5.41) is 3.22. The smallest absolute Gasteiger partial charge is 0.163 e. The molecule has 2 rings (SSSR count). The van der Waals surface area contributed by atoms with Crippen LogP contribution in [0.5, 0.6) is 11.5 Å². The van der Waals surface area contributed by atoms with E-state index in [1.54, 1.807) is 6.07 Å². The van der Waals surface area contributed by atoms with Crippen LogP contribution in [-0.4, -0.2) is 24.2 Å². The first-order valence-corrected chi connectivity index (χ1v) is 7.51. The predicted octanol–water partition coefficient (Wildman–Crippen LogP) is 3.68. The molecule has 5 nitrogen and oxygen atoms in total. The third kappa shape index (κ3) is 3.88.